The molecule has 0 saturated carbocycles. The standard InChI is InChI=1S/C68H125NO18/c1-3-5-7-9-11-13-15-17-19-20-21-22-23-24-25-26-27-28-29-30-32-33-35-37-39-41-43-45-52(73)51(69-56(74)46-44-42-40-38-36-34-31-18-16-14-12-10-8-6-4-2)50-82-66-62(80)59(77)64(54(48-71)84-66)87-68-63(81)60(78)65(55(49-72)85-68)86-67-61(79)58(76)57(75)53(47-70)83-67/h29-30,35,37,43,45,51-55,57-68,70-73,75-81H,3-28,31-34,36,38-42,44,46-50H2,1-2H3,(H,69,74)/b30-29+,37-35+,45-43+. The van der Waals surface area contributed by atoms with E-state index in [0.717, 1.165) is 44.9 Å². The molecule has 0 aromatic carbocycles. The van der Waals surface area contributed by atoms with Gasteiger partial charge in [0.25, 0.3) is 0 Å². The fourth-order valence-corrected chi connectivity index (χ4v) is 11.8. The van der Waals surface area contributed by atoms with Gasteiger partial charge >= 0.3 is 0 Å². The van der Waals surface area contributed by atoms with Crippen molar-refractivity contribution in [1.29, 1.82) is 0 Å². The van der Waals surface area contributed by atoms with Gasteiger partial charge in [0.1, 0.15) is 73.2 Å². The number of nitrogens with one attached hydrogen (secondary N) is 1. The molecular weight excluding hydrogens is 1120 g/mol. The zero-order valence-electron chi connectivity index (χ0n) is 53.8. The van der Waals surface area contributed by atoms with Crippen LogP contribution in [0, 0.1) is 0 Å². The lowest BCUT2D eigenvalue weighted by atomic mass is 9.96. The average Bonchev–Trinajstić information content (AvgIpc) is 1.16. The van der Waals surface area contributed by atoms with Gasteiger partial charge in [-0.05, 0) is 44.9 Å². The molecule has 3 rings (SSSR count). The predicted octanol–water partition coefficient (Wildman–Crippen LogP) is 8.83. The van der Waals surface area contributed by atoms with Crippen LogP contribution in [0.1, 0.15) is 258 Å². The lowest BCUT2D eigenvalue weighted by molar-refractivity contribution is -0.379. The topological polar surface area (TPSA) is 307 Å². The van der Waals surface area contributed by atoms with Crippen molar-refractivity contribution < 1.29 is 89.4 Å². The summed E-state index contributed by atoms with van der Waals surface area (Å²) in [6.07, 6.45) is 31.3. The number of aliphatic hydroxyl groups is 11. The zero-order valence-corrected chi connectivity index (χ0v) is 53.8. The molecule has 19 heteroatoms. The number of aliphatic hydroxyl groups excluding tert-OH is 11. The quantitative estimate of drug-likeness (QED) is 0.0200. The van der Waals surface area contributed by atoms with E-state index in [1.54, 1.807) is 6.08 Å². The van der Waals surface area contributed by atoms with Gasteiger partial charge in [0, 0.05) is 6.42 Å². The maximum Gasteiger partial charge on any atom is 0.220 e. The molecule has 19 nitrogen and oxygen atoms in total. The molecule has 510 valence electrons. The number of rotatable bonds is 53. The number of amides is 1. The van der Waals surface area contributed by atoms with E-state index in [0.29, 0.717) is 12.8 Å². The molecule has 0 aromatic rings. The van der Waals surface area contributed by atoms with E-state index in [1.165, 1.54) is 180 Å². The van der Waals surface area contributed by atoms with Crippen LogP contribution in [0.5, 0.6) is 0 Å². The molecule has 0 bridgehead atoms. The Balaban J connectivity index is 1.45. The number of unbranched alkanes of at least 4 members (excludes halogenated alkanes) is 33. The molecule has 17 atom stereocenters. The summed E-state index contributed by atoms with van der Waals surface area (Å²) in [7, 11) is 0. The van der Waals surface area contributed by atoms with E-state index in [-0.39, 0.29) is 18.9 Å². The molecule has 3 fully saturated rings. The molecule has 0 aliphatic carbocycles. The van der Waals surface area contributed by atoms with Crippen LogP contribution in [0.4, 0.5) is 0 Å². The third-order valence-corrected chi connectivity index (χ3v) is 17.4. The summed E-state index contributed by atoms with van der Waals surface area (Å²) in [5.41, 5.74) is 0. The van der Waals surface area contributed by atoms with Gasteiger partial charge in [-0.15, -0.1) is 0 Å². The van der Waals surface area contributed by atoms with Crippen LogP contribution in [0.2, 0.25) is 0 Å². The Kier molecular flexibility index (Phi) is 46.0. The third-order valence-electron chi connectivity index (χ3n) is 17.4. The van der Waals surface area contributed by atoms with Crippen LogP contribution in [0.25, 0.3) is 0 Å². The van der Waals surface area contributed by atoms with Crippen LogP contribution in [-0.2, 0) is 33.2 Å². The number of hydrogen-bond acceptors (Lipinski definition) is 18. The van der Waals surface area contributed by atoms with E-state index in [2.05, 4.69) is 43.5 Å². The fourth-order valence-electron chi connectivity index (χ4n) is 11.8. The highest BCUT2D eigenvalue weighted by Crippen LogP contribution is 2.33. The summed E-state index contributed by atoms with van der Waals surface area (Å²) in [5, 5.41) is 120. The van der Waals surface area contributed by atoms with E-state index in [9.17, 15) is 61.0 Å². The van der Waals surface area contributed by atoms with Crippen molar-refractivity contribution in [2.24, 2.45) is 0 Å². The van der Waals surface area contributed by atoms with Crippen LogP contribution in [-0.4, -0.2) is 193 Å². The number of ether oxygens (including phenoxy) is 6. The molecule has 1 amide bonds. The summed E-state index contributed by atoms with van der Waals surface area (Å²) in [6, 6.07) is -0.994. The highest BCUT2D eigenvalue weighted by Gasteiger charge is 2.53. The Labute approximate surface area is 523 Å². The minimum absolute atomic E-state index is 0.235. The van der Waals surface area contributed by atoms with Crippen LogP contribution < -0.4 is 5.32 Å². The number of carbonyl (C=O) groups is 1. The minimum atomic E-state index is -1.98. The monoisotopic (exact) mass is 1240 g/mol. The van der Waals surface area contributed by atoms with Crippen LogP contribution in [0.15, 0.2) is 36.5 Å². The van der Waals surface area contributed by atoms with Crippen molar-refractivity contribution in [3.05, 3.63) is 36.5 Å². The van der Waals surface area contributed by atoms with Gasteiger partial charge in [-0.25, -0.2) is 0 Å². The second-order valence-corrected chi connectivity index (χ2v) is 25.0. The average molecular weight is 1240 g/mol. The van der Waals surface area contributed by atoms with Crippen molar-refractivity contribution in [2.45, 2.75) is 362 Å². The van der Waals surface area contributed by atoms with Gasteiger partial charge in [-0.1, -0.05) is 243 Å². The lowest BCUT2D eigenvalue weighted by Gasteiger charge is -2.48. The molecule has 12 N–H and O–H groups in total. The van der Waals surface area contributed by atoms with Gasteiger partial charge in [0.15, 0.2) is 18.9 Å². The minimum Gasteiger partial charge on any atom is -0.394 e. The van der Waals surface area contributed by atoms with Crippen molar-refractivity contribution in [2.75, 3.05) is 26.4 Å². The van der Waals surface area contributed by atoms with Crippen molar-refractivity contribution >= 4 is 5.91 Å². The van der Waals surface area contributed by atoms with Crippen molar-refractivity contribution in [3.8, 4) is 0 Å². The zero-order chi connectivity index (χ0) is 63.3. The molecule has 0 aromatic heterocycles. The largest absolute Gasteiger partial charge is 0.394 e. The molecule has 0 radical (unpaired) electrons. The lowest BCUT2D eigenvalue weighted by Crippen LogP contribution is -2.66. The van der Waals surface area contributed by atoms with Gasteiger partial charge in [-0.3, -0.25) is 4.79 Å². The van der Waals surface area contributed by atoms with Crippen molar-refractivity contribution in [3.63, 3.8) is 0 Å². The summed E-state index contributed by atoms with van der Waals surface area (Å²) >= 11 is 0. The molecule has 17 unspecified atom stereocenters. The summed E-state index contributed by atoms with van der Waals surface area (Å²) < 4.78 is 34.3. The van der Waals surface area contributed by atoms with Gasteiger partial charge in [0.2, 0.25) is 5.91 Å². The first-order valence-corrected chi connectivity index (χ1v) is 34.7. The van der Waals surface area contributed by atoms with Gasteiger partial charge in [-0.2, -0.15) is 0 Å². The number of hydrogen-bond donors (Lipinski definition) is 12. The van der Waals surface area contributed by atoms with Crippen LogP contribution in [0.3, 0.4) is 0 Å². The van der Waals surface area contributed by atoms with Gasteiger partial charge < -0.3 is 89.9 Å². The second kappa shape index (κ2) is 50.6. The first kappa shape index (κ1) is 79.2. The Bertz CT molecular complexity index is 1720. The highest BCUT2D eigenvalue weighted by atomic mass is 16.8. The fraction of sp³-hybridized carbons (Fsp3) is 0.897. The normalized spacial score (nSPS) is 28.8. The SMILES string of the molecule is CCCCCCCCCCCCCCCCCCC/C=C/CC/C=C/CC/C=C/C(O)C(COC1OC(CO)C(OC2OC(CO)C(OC3OC(CO)C(O)C(O)C3O)C(O)C2O)C(O)C1O)NC(=O)CCCCCCCCCCCCCCCCC. The summed E-state index contributed by atoms with van der Waals surface area (Å²) in [6.45, 7) is 1.72. The third kappa shape index (κ3) is 32.9. The molecular formula is C68H125NO18. The predicted molar refractivity (Wildman–Crippen MR) is 337 cm³/mol. The highest BCUT2D eigenvalue weighted by molar-refractivity contribution is 5.76. The molecule has 3 aliphatic heterocycles. The van der Waals surface area contributed by atoms with Crippen LogP contribution >= 0.6 is 0 Å². The smallest absolute Gasteiger partial charge is 0.220 e. The maximum atomic E-state index is 13.4. The van der Waals surface area contributed by atoms with E-state index in [4.69, 9.17) is 28.4 Å². The second-order valence-electron chi connectivity index (χ2n) is 25.0. The molecule has 0 spiro atoms. The van der Waals surface area contributed by atoms with E-state index >= 15 is 0 Å². The Morgan fingerprint density at radius 3 is 1.15 bits per heavy atom. The molecule has 3 aliphatic rings. The Morgan fingerprint density at radius 1 is 0.402 bits per heavy atom. The number of carbonyl (C=O) groups excluding carboxylic acids is 1. The van der Waals surface area contributed by atoms with E-state index in [1.807, 2.05) is 6.08 Å². The maximum absolute atomic E-state index is 13.4. The summed E-state index contributed by atoms with van der Waals surface area (Å²) in [4.78, 5) is 13.4. The number of allylic oxidation sites excluding steroid dienone is 5. The van der Waals surface area contributed by atoms with Crippen molar-refractivity contribution in [1.82, 2.24) is 5.32 Å². The summed E-state index contributed by atoms with van der Waals surface area (Å²) in [5.74, 6) is -0.287. The molecule has 3 saturated heterocycles. The van der Waals surface area contributed by atoms with Gasteiger partial charge in [0.05, 0.1) is 38.6 Å². The Morgan fingerprint density at radius 2 is 0.736 bits per heavy atom. The van der Waals surface area contributed by atoms with E-state index < -0.39 is 124 Å². The molecule has 3 heterocycles. The first-order chi connectivity index (χ1) is 42.3. The first-order valence-electron chi connectivity index (χ1n) is 34.7. The Hall–Kier alpha value is -1.99. The molecule has 87 heavy (non-hydrogen) atoms.